The van der Waals surface area contributed by atoms with Crippen molar-refractivity contribution in [3.05, 3.63) is 161 Å². The molecule has 0 radical (unpaired) electrons. The Morgan fingerprint density at radius 3 is 1.64 bits per heavy atom. The molecule has 0 aliphatic heterocycles. The lowest BCUT2D eigenvalue weighted by Crippen LogP contribution is -2.35. The molecule has 0 saturated heterocycles. The van der Waals surface area contributed by atoms with E-state index in [1.165, 1.54) is 48.1 Å². The zero-order valence-electron chi connectivity index (χ0n) is 25.3. The van der Waals surface area contributed by atoms with Crippen LogP contribution in [0.1, 0.15) is 54.5 Å². The summed E-state index contributed by atoms with van der Waals surface area (Å²) in [6.07, 6.45) is 6.34. The molecule has 1 aliphatic rings. The quantitative estimate of drug-likeness (QED) is 0.0902. The molecule has 5 aromatic carbocycles. The minimum atomic E-state index is -1.55. The topological polar surface area (TPSA) is 21.7 Å². The molecule has 45 heavy (non-hydrogen) atoms. The fourth-order valence-electron chi connectivity index (χ4n) is 5.95. The summed E-state index contributed by atoms with van der Waals surface area (Å²) in [6.45, 7) is 0.898. The molecule has 0 heterocycles. The van der Waals surface area contributed by atoms with Gasteiger partial charge in [0.05, 0.1) is 11.3 Å². The average Bonchev–Trinajstić information content (AvgIpc) is 3.10. The van der Waals surface area contributed by atoms with Gasteiger partial charge in [-0.1, -0.05) is 132 Å². The number of halogens is 1. The molecule has 0 N–H and O–H groups in total. The molecule has 0 unspecified atom stereocenters. The zero-order valence-corrected chi connectivity index (χ0v) is 28.6. The van der Waals surface area contributed by atoms with E-state index in [4.69, 9.17) is 9.05 Å². The number of para-hydroxylation sites is 2. The van der Waals surface area contributed by atoms with E-state index in [1.807, 2.05) is 72.4 Å². The lowest BCUT2D eigenvalue weighted by molar-refractivity contribution is 0.217. The van der Waals surface area contributed by atoms with E-state index in [-0.39, 0.29) is 11.3 Å². The van der Waals surface area contributed by atoms with E-state index in [9.17, 15) is 0 Å². The highest BCUT2D eigenvalue weighted by Gasteiger charge is 2.40. The highest BCUT2D eigenvalue weighted by Crippen LogP contribution is 2.56. The van der Waals surface area contributed by atoms with Gasteiger partial charge in [0.2, 0.25) is 0 Å². The zero-order chi connectivity index (χ0) is 30.7. The second-order valence-electron chi connectivity index (χ2n) is 11.4. The third kappa shape index (κ3) is 9.01. The van der Waals surface area contributed by atoms with E-state index >= 15 is 0 Å². The number of nitrogens with zero attached hydrogens (tertiary/aromatic N) is 1. The maximum absolute atomic E-state index is 6.93. The predicted octanol–water partition coefficient (Wildman–Crippen LogP) is 12.3. The first-order chi connectivity index (χ1) is 22.2. The van der Waals surface area contributed by atoms with Gasteiger partial charge in [-0.3, -0.25) is 0 Å². The van der Waals surface area contributed by atoms with Gasteiger partial charge in [-0.05, 0) is 78.4 Å². The van der Waals surface area contributed by atoms with Crippen LogP contribution in [-0.4, -0.2) is 11.2 Å². The van der Waals surface area contributed by atoms with Crippen molar-refractivity contribution in [3.8, 4) is 11.5 Å². The van der Waals surface area contributed by atoms with E-state index in [2.05, 4.69) is 106 Å². The highest BCUT2D eigenvalue weighted by atomic mass is 79.9. The van der Waals surface area contributed by atoms with Crippen LogP contribution >= 0.6 is 36.2 Å². The molecular weight excluding hydrogens is 657 g/mol. The molecule has 0 amide bonds. The predicted molar refractivity (Wildman–Crippen MR) is 193 cm³/mol. The second kappa shape index (κ2) is 16.5. The number of hydrogen-bond donors (Lipinski definition) is 0. The molecule has 6 rings (SSSR count). The average molecular weight is 697 g/mol. The number of rotatable bonds is 13. The van der Waals surface area contributed by atoms with Crippen molar-refractivity contribution >= 4 is 36.2 Å². The van der Waals surface area contributed by atoms with Crippen molar-refractivity contribution in [1.82, 2.24) is 4.67 Å². The molecule has 1 fully saturated rings. The van der Waals surface area contributed by atoms with Crippen LogP contribution in [0.3, 0.4) is 0 Å². The molecule has 5 aromatic rings. The summed E-state index contributed by atoms with van der Waals surface area (Å²) in [6, 6.07) is 50.9. The summed E-state index contributed by atoms with van der Waals surface area (Å²) in [5.74, 6) is 2.21. The summed E-state index contributed by atoms with van der Waals surface area (Å²) < 4.78 is 17.5. The van der Waals surface area contributed by atoms with Gasteiger partial charge in [-0.2, -0.15) is 0 Å². The molecule has 0 spiro atoms. The minimum Gasteiger partial charge on any atom is -0.427 e. The van der Waals surface area contributed by atoms with Gasteiger partial charge in [-0.25, -0.2) is 4.67 Å². The minimum absolute atomic E-state index is 0.0253. The Morgan fingerprint density at radius 1 is 0.622 bits per heavy atom. The standard InChI is InChI=1S/C39H39BrNO2PS/c40-34-26-28-37(29-27-34)45-39(33-20-10-3-11-21-33)38(32-18-8-2-9-19-32)41(30-31-16-6-1-7-17-31)44(42-35-22-12-4-13-23-35)43-36-24-14-5-15-25-36/h2-5,8-15,18-29,31,38-39H,1,6-7,16-17,30H2/t38-,39+/m1/s1. The van der Waals surface area contributed by atoms with Gasteiger partial charge in [-0.15, -0.1) is 11.8 Å². The van der Waals surface area contributed by atoms with Gasteiger partial charge in [0, 0.05) is 15.9 Å². The second-order valence-corrected chi connectivity index (χ2v) is 14.9. The van der Waals surface area contributed by atoms with Gasteiger partial charge < -0.3 is 9.05 Å². The third-order valence-electron chi connectivity index (χ3n) is 8.19. The van der Waals surface area contributed by atoms with E-state index in [1.54, 1.807) is 0 Å². The largest absolute Gasteiger partial charge is 0.427 e. The fourth-order valence-corrected chi connectivity index (χ4v) is 9.31. The van der Waals surface area contributed by atoms with Crippen LogP contribution in [0.2, 0.25) is 0 Å². The summed E-state index contributed by atoms with van der Waals surface area (Å²) >= 11 is 5.55. The Morgan fingerprint density at radius 2 is 1.11 bits per heavy atom. The van der Waals surface area contributed by atoms with E-state index < -0.39 is 8.53 Å². The van der Waals surface area contributed by atoms with Crippen LogP contribution in [0.25, 0.3) is 0 Å². The van der Waals surface area contributed by atoms with E-state index in [0.717, 1.165) is 22.5 Å². The Balaban J connectivity index is 1.50. The lowest BCUT2D eigenvalue weighted by atomic mass is 9.88. The van der Waals surface area contributed by atoms with Crippen molar-refractivity contribution in [1.29, 1.82) is 0 Å². The third-order valence-corrected chi connectivity index (χ3v) is 11.6. The van der Waals surface area contributed by atoms with Crippen molar-refractivity contribution in [2.24, 2.45) is 5.92 Å². The maximum Gasteiger partial charge on any atom is 0.385 e. The Labute approximate surface area is 282 Å². The molecule has 6 heteroatoms. The van der Waals surface area contributed by atoms with Crippen molar-refractivity contribution < 1.29 is 9.05 Å². The van der Waals surface area contributed by atoms with E-state index in [0.29, 0.717) is 5.92 Å². The lowest BCUT2D eigenvalue weighted by Gasteiger charge is -2.41. The first-order valence-electron chi connectivity index (χ1n) is 15.8. The summed E-state index contributed by atoms with van der Waals surface area (Å²) in [4.78, 5) is 1.22. The first-order valence-corrected chi connectivity index (χ1v) is 18.6. The first kappa shape index (κ1) is 31.9. The Hall–Kier alpha value is -3.08. The highest BCUT2D eigenvalue weighted by molar-refractivity contribution is 9.10. The molecule has 3 nitrogen and oxygen atoms in total. The molecular formula is C39H39BrNO2PS. The van der Waals surface area contributed by atoms with Crippen molar-refractivity contribution in [2.45, 2.75) is 48.3 Å². The number of hydrogen-bond acceptors (Lipinski definition) is 4. The molecule has 1 saturated carbocycles. The van der Waals surface area contributed by atoms with Crippen LogP contribution in [0.4, 0.5) is 0 Å². The summed E-state index contributed by atoms with van der Waals surface area (Å²) in [5.41, 5.74) is 2.54. The number of thioether (sulfide) groups is 1. The summed E-state index contributed by atoms with van der Waals surface area (Å²) in [7, 11) is -1.55. The normalized spacial score (nSPS) is 15.1. The molecule has 1 aliphatic carbocycles. The van der Waals surface area contributed by atoms with Crippen LogP contribution < -0.4 is 9.05 Å². The smallest absolute Gasteiger partial charge is 0.385 e. The number of benzene rings is 5. The van der Waals surface area contributed by atoms with Crippen LogP contribution in [0, 0.1) is 5.92 Å². The van der Waals surface area contributed by atoms with Crippen LogP contribution in [-0.2, 0) is 0 Å². The Kier molecular flexibility index (Phi) is 11.7. The monoisotopic (exact) mass is 695 g/mol. The van der Waals surface area contributed by atoms with Crippen molar-refractivity contribution in [2.75, 3.05) is 6.54 Å². The van der Waals surface area contributed by atoms with Gasteiger partial charge in [0.15, 0.2) is 0 Å². The molecule has 0 bridgehead atoms. The van der Waals surface area contributed by atoms with Gasteiger partial charge >= 0.3 is 8.53 Å². The van der Waals surface area contributed by atoms with Crippen molar-refractivity contribution in [3.63, 3.8) is 0 Å². The fraction of sp³-hybridized carbons (Fsp3) is 0.231. The maximum atomic E-state index is 6.93. The van der Waals surface area contributed by atoms with Crippen LogP contribution in [0.15, 0.2) is 155 Å². The SMILES string of the molecule is Brc1ccc(S[C@@H](c2ccccc2)[C@@H](c2ccccc2)N(CC2CCCCC2)P(Oc2ccccc2)Oc2ccccc2)cc1. The molecule has 0 aromatic heterocycles. The van der Waals surface area contributed by atoms with Crippen LogP contribution in [0.5, 0.6) is 11.5 Å². The summed E-state index contributed by atoms with van der Waals surface area (Å²) in [5, 5.41) is 0.0714. The molecule has 2 atom stereocenters. The Bertz CT molecular complexity index is 1510. The van der Waals surface area contributed by atoms with Gasteiger partial charge in [0.25, 0.3) is 0 Å². The van der Waals surface area contributed by atoms with Gasteiger partial charge in [0.1, 0.15) is 11.5 Å². The molecule has 230 valence electrons.